The number of hydrogen-bond donors (Lipinski definition) is 2. The van der Waals surface area contributed by atoms with Crippen molar-refractivity contribution >= 4 is 11.8 Å². The van der Waals surface area contributed by atoms with Gasteiger partial charge in [-0.15, -0.1) is 0 Å². The Morgan fingerprint density at radius 2 is 2.00 bits per heavy atom. The summed E-state index contributed by atoms with van der Waals surface area (Å²) in [4.78, 5) is 22.2. The lowest BCUT2D eigenvalue weighted by atomic mass is 10.1. The average Bonchev–Trinajstić information content (AvgIpc) is 2.59. The monoisotopic (exact) mass is 218 g/mol. The van der Waals surface area contributed by atoms with Gasteiger partial charge in [0.15, 0.2) is 0 Å². The second-order valence-corrected chi connectivity index (χ2v) is 3.86. The molecule has 1 unspecified atom stereocenters. The van der Waals surface area contributed by atoms with E-state index in [9.17, 15) is 9.59 Å². The SMILES string of the molecule is O=C1CC(NCCc2ccccc2)C(=O)N1. The van der Waals surface area contributed by atoms with Crippen LogP contribution in [0, 0.1) is 0 Å². The fourth-order valence-corrected chi connectivity index (χ4v) is 1.75. The highest BCUT2D eigenvalue weighted by Gasteiger charge is 2.29. The molecule has 16 heavy (non-hydrogen) atoms. The Labute approximate surface area is 94.0 Å². The molecule has 0 spiro atoms. The van der Waals surface area contributed by atoms with Crippen LogP contribution in [0.2, 0.25) is 0 Å². The second kappa shape index (κ2) is 4.90. The topological polar surface area (TPSA) is 58.2 Å². The van der Waals surface area contributed by atoms with Gasteiger partial charge in [-0.1, -0.05) is 30.3 Å². The Bertz CT molecular complexity index is 389. The van der Waals surface area contributed by atoms with Crippen LogP contribution >= 0.6 is 0 Å². The number of rotatable bonds is 4. The van der Waals surface area contributed by atoms with Gasteiger partial charge in [0.05, 0.1) is 12.5 Å². The van der Waals surface area contributed by atoms with Crippen LogP contribution in [0.5, 0.6) is 0 Å². The minimum atomic E-state index is -0.351. The number of nitrogens with one attached hydrogen (secondary N) is 2. The van der Waals surface area contributed by atoms with Crippen molar-refractivity contribution in [2.75, 3.05) is 6.54 Å². The summed E-state index contributed by atoms with van der Waals surface area (Å²) in [5.74, 6) is -0.403. The van der Waals surface area contributed by atoms with Crippen molar-refractivity contribution in [3.63, 3.8) is 0 Å². The first-order chi connectivity index (χ1) is 7.75. The van der Waals surface area contributed by atoms with Gasteiger partial charge in [0.25, 0.3) is 0 Å². The summed E-state index contributed by atoms with van der Waals surface area (Å²) < 4.78 is 0. The minimum absolute atomic E-state index is 0.192. The third kappa shape index (κ3) is 2.67. The lowest BCUT2D eigenvalue weighted by molar-refractivity contribution is -0.125. The maximum atomic E-state index is 11.2. The minimum Gasteiger partial charge on any atom is -0.305 e. The van der Waals surface area contributed by atoms with Crippen molar-refractivity contribution in [3.8, 4) is 0 Å². The predicted octanol–water partition coefficient (Wildman–Crippen LogP) is 0.234. The zero-order chi connectivity index (χ0) is 11.4. The molecular weight excluding hydrogens is 204 g/mol. The van der Waals surface area contributed by atoms with E-state index in [1.54, 1.807) is 0 Å². The molecule has 1 aliphatic heterocycles. The van der Waals surface area contributed by atoms with Crippen molar-refractivity contribution in [2.45, 2.75) is 18.9 Å². The van der Waals surface area contributed by atoms with Gasteiger partial charge < -0.3 is 5.32 Å². The van der Waals surface area contributed by atoms with Gasteiger partial charge in [0.1, 0.15) is 0 Å². The van der Waals surface area contributed by atoms with Crippen LogP contribution < -0.4 is 10.6 Å². The normalized spacial score (nSPS) is 19.9. The van der Waals surface area contributed by atoms with Gasteiger partial charge in [-0.05, 0) is 18.5 Å². The van der Waals surface area contributed by atoms with Crippen LogP contribution in [0.15, 0.2) is 30.3 Å². The third-order valence-corrected chi connectivity index (χ3v) is 2.62. The van der Waals surface area contributed by atoms with Crippen LogP contribution in [0.4, 0.5) is 0 Å². The van der Waals surface area contributed by atoms with Gasteiger partial charge in [-0.3, -0.25) is 14.9 Å². The summed E-state index contributed by atoms with van der Waals surface area (Å²) in [6.45, 7) is 0.704. The highest BCUT2D eigenvalue weighted by Crippen LogP contribution is 2.02. The molecule has 2 rings (SSSR count). The summed E-state index contributed by atoms with van der Waals surface area (Å²) >= 11 is 0. The number of carbonyl (C=O) groups is 2. The summed E-state index contributed by atoms with van der Waals surface area (Å²) in [5, 5.41) is 5.35. The standard InChI is InChI=1S/C12H14N2O2/c15-11-8-10(12(16)14-11)13-7-6-9-4-2-1-3-5-9/h1-5,10,13H,6-8H2,(H,14,15,16). The molecule has 0 aromatic heterocycles. The first-order valence-corrected chi connectivity index (χ1v) is 5.37. The fourth-order valence-electron chi connectivity index (χ4n) is 1.75. The molecule has 0 aliphatic carbocycles. The molecular formula is C12H14N2O2. The molecule has 0 saturated carbocycles. The third-order valence-electron chi connectivity index (χ3n) is 2.62. The number of hydrogen-bond acceptors (Lipinski definition) is 3. The summed E-state index contributed by atoms with van der Waals surface area (Å²) in [6, 6.07) is 9.68. The van der Waals surface area contributed by atoms with Crippen LogP contribution in [-0.2, 0) is 16.0 Å². The van der Waals surface area contributed by atoms with Crippen LogP contribution in [0.25, 0.3) is 0 Å². The van der Waals surface area contributed by atoms with Gasteiger partial charge in [-0.2, -0.15) is 0 Å². The highest BCUT2D eigenvalue weighted by molar-refractivity contribution is 6.05. The Hall–Kier alpha value is -1.68. The Balaban J connectivity index is 1.76. The van der Waals surface area contributed by atoms with Crippen LogP contribution in [0.1, 0.15) is 12.0 Å². The summed E-state index contributed by atoms with van der Waals surface area (Å²) in [5.41, 5.74) is 1.22. The smallest absolute Gasteiger partial charge is 0.244 e. The maximum Gasteiger partial charge on any atom is 0.244 e. The molecule has 2 amide bonds. The second-order valence-electron chi connectivity index (χ2n) is 3.86. The highest BCUT2D eigenvalue weighted by atomic mass is 16.2. The Morgan fingerprint density at radius 1 is 1.25 bits per heavy atom. The van der Waals surface area contributed by atoms with Crippen LogP contribution in [-0.4, -0.2) is 24.4 Å². The van der Waals surface area contributed by atoms with E-state index in [1.165, 1.54) is 5.56 Å². The molecule has 1 aliphatic rings. The molecule has 1 aromatic carbocycles. The molecule has 1 heterocycles. The summed E-state index contributed by atoms with van der Waals surface area (Å²) in [7, 11) is 0. The van der Waals surface area contributed by atoms with Crippen molar-refractivity contribution in [3.05, 3.63) is 35.9 Å². The lowest BCUT2D eigenvalue weighted by Crippen LogP contribution is -2.37. The Morgan fingerprint density at radius 3 is 2.62 bits per heavy atom. The van der Waals surface area contributed by atoms with E-state index < -0.39 is 0 Å². The van der Waals surface area contributed by atoms with Crippen molar-refractivity contribution < 1.29 is 9.59 Å². The first kappa shape index (κ1) is 10.8. The summed E-state index contributed by atoms with van der Waals surface area (Å²) in [6.07, 6.45) is 1.12. The number of amides is 2. The molecule has 0 bridgehead atoms. The number of benzene rings is 1. The largest absolute Gasteiger partial charge is 0.305 e. The molecule has 0 radical (unpaired) electrons. The van der Waals surface area contributed by atoms with E-state index in [-0.39, 0.29) is 24.3 Å². The number of carbonyl (C=O) groups excluding carboxylic acids is 2. The van der Waals surface area contributed by atoms with E-state index in [2.05, 4.69) is 10.6 Å². The molecule has 4 nitrogen and oxygen atoms in total. The molecule has 1 saturated heterocycles. The number of imide groups is 1. The van der Waals surface area contributed by atoms with Gasteiger partial charge in [0, 0.05) is 0 Å². The van der Waals surface area contributed by atoms with E-state index >= 15 is 0 Å². The lowest BCUT2D eigenvalue weighted by Gasteiger charge is -2.08. The fraction of sp³-hybridized carbons (Fsp3) is 0.333. The van der Waals surface area contributed by atoms with E-state index in [0.717, 1.165) is 6.42 Å². The molecule has 4 heteroatoms. The zero-order valence-electron chi connectivity index (χ0n) is 8.90. The van der Waals surface area contributed by atoms with Gasteiger partial charge in [0.2, 0.25) is 11.8 Å². The van der Waals surface area contributed by atoms with Gasteiger partial charge >= 0.3 is 0 Å². The van der Waals surface area contributed by atoms with E-state index in [0.29, 0.717) is 6.54 Å². The van der Waals surface area contributed by atoms with Crippen molar-refractivity contribution in [1.82, 2.24) is 10.6 Å². The molecule has 1 aromatic rings. The molecule has 1 atom stereocenters. The van der Waals surface area contributed by atoms with Crippen molar-refractivity contribution in [2.24, 2.45) is 0 Å². The average molecular weight is 218 g/mol. The van der Waals surface area contributed by atoms with E-state index in [4.69, 9.17) is 0 Å². The molecule has 1 fully saturated rings. The zero-order valence-corrected chi connectivity index (χ0v) is 8.90. The van der Waals surface area contributed by atoms with Crippen molar-refractivity contribution in [1.29, 1.82) is 0 Å². The van der Waals surface area contributed by atoms with Crippen LogP contribution in [0.3, 0.4) is 0 Å². The predicted molar refractivity (Wildman–Crippen MR) is 59.7 cm³/mol. The Kier molecular flexibility index (Phi) is 3.31. The molecule has 84 valence electrons. The first-order valence-electron chi connectivity index (χ1n) is 5.37. The maximum absolute atomic E-state index is 11.2. The van der Waals surface area contributed by atoms with Gasteiger partial charge in [-0.25, -0.2) is 0 Å². The molecule has 2 N–H and O–H groups in total. The quantitative estimate of drug-likeness (QED) is 0.711. The van der Waals surface area contributed by atoms with E-state index in [1.807, 2.05) is 30.3 Å².